The fourth-order valence-electron chi connectivity index (χ4n) is 1.54. The van der Waals surface area contributed by atoms with Crippen LogP contribution in [-0.4, -0.2) is 6.29 Å². The molecule has 0 radical (unpaired) electrons. The summed E-state index contributed by atoms with van der Waals surface area (Å²) in [4.78, 5) is 0. The number of anilines is 1. The first-order valence-corrected chi connectivity index (χ1v) is 6.02. The van der Waals surface area contributed by atoms with Crippen LogP contribution >= 0.6 is 0 Å². The molecule has 94 valence electrons. The van der Waals surface area contributed by atoms with Crippen molar-refractivity contribution in [2.75, 3.05) is 5.73 Å². The summed E-state index contributed by atoms with van der Waals surface area (Å²) in [6.07, 6.45) is 0.468. The third-order valence-electron chi connectivity index (χ3n) is 2.49. The highest BCUT2D eigenvalue weighted by Crippen LogP contribution is 2.18. The van der Waals surface area contributed by atoms with Crippen LogP contribution in [0.2, 0.25) is 0 Å². The minimum absolute atomic E-state index is 0.295. The van der Waals surface area contributed by atoms with Crippen molar-refractivity contribution in [2.45, 2.75) is 19.6 Å². The molecule has 0 spiro atoms. The lowest BCUT2D eigenvalue weighted by atomic mass is 10.3. The number of benzene rings is 2. The maximum atomic E-state index is 5.74. The largest absolute Gasteiger partial charge is 0.455 e. The molecule has 2 aromatic rings. The highest BCUT2D eigenvalue weighted by Gasteiger charge is 2.09. The van der Waals surface area contributed by atoms with Crippen molar-refractivity contribution in [2.24, 2.45) is 0 Å². The molecule has 0 aliphatic carbocycles. The molecule has 0 fully saturated rings. The predicted octanol–water partition coefficient (Wildman–Crippen LogP) is 3.46. The van der Waals surface area contributed by atoms with Crippen molar-refractivity contribution >= 4 is 5.69 Å². The predicted molar refractivity (Wildman–Crippen MR) is 72.6 cm³/mol. The molecular formula is C15H17NO2. The lowest BCUT2D eigenvalue weighted by Crippen LogP contribution is -2.22. The van der Waals surface area contributed by atoms with Crippen LogP contribution < -0.4 is 15.2 Å². The van der Waals surface area contributed by atoms with Crippen LogP contribution in [0.15, 0.2) is 54.6 Å². The van der Waals surface area contributed by atoms with Gasteiger partial charge in [-0.3, -0.25) is 0 Å². The second-order valence-corrected chi connectivity index (χ2v) is 3.96. The van der Waals surface area contributed by atoms with E-state index in [4.69, 9.17) is 15.2 Å². The molecule has 0 aromatic heterocycles. The van der Waals surface area contributed by atoms with Gasteiger partial charge in [-0.25, -0.2) is 0 Å². The molecule has 0 aliphatic heterocycles. The van der Waals surface area contributed by atoms with Gasteiger partial charge in [0.1, 0.15) is 11.5 Å². The molecule has 0 saturated heterocycles. The van der Waals surface area contributed by atoms with Crippen LogP contribution in [0.5, 0.6) is 11.5 Å². The molecule has 1 unspecified atom stereocenters. The summed E-state index contributed by atoms with van der Waals surface area (Å²) in [5, 5.41) is 0. The van der Waals surface area contributed by atoms with Crippen LogP contribution in [0.3, 0.4) is 0 Å². The second kappa shape index (κ2) is 5.96. The molecule has 2 aromatic carbocycles. The Balaban J connectivity index is 1.99. The van der Waals surface area contributed by atoms with Gasteiger partial charge in [-0.05, 0) is 36.4 Å². The Labute approximate surface area is 107 Å². The number of para-hydroxylation sites is 1. The molecule has 0 aliphatic rings. The highest BCUT2D eigenvalue weighted by atomic mass is 16.7. The van der Waals surface area contributed by atoms with Crippen LogP contribution in [-0.2, 0) is 0 Å². The van der Waals surface area contributed by atoms with E-state index in [1.165, 1.54) is 0 Å². The summed E-state index contributed by atoms with van der Waals surface area (Å²) in [6.45, 7) is 2.02. The number of hydrogen-bond donors (Lipinski definition) is 1. The SMILES string of the molecule is CCC(Oc1ccccc1)Oc1ccc(N)cc1. The molecule has 3 nitrogen and oxygen atoms in total. The highest BCUT2D eigenvalue weighted by molar-refractivity contribution is 5.41. The summed E-state index contributed by atoms with van der Waals surface area (Å²) < 4.78 is 11.5. The van der Waals surface area contributed by atoms with Crippen molar-refractivity contribution in [1.29, 1.82) is 0 Å². The van der Waals surface area contributed by atoms with Gasteiger partial charge in [0.15, 0.2) is 0 Å². The monoisotopic (exact) mass is 243 g/mol. The summed E-state index contributed by atoms with van der Waals surface area (Å²) in [6, 6.07) is 16.9. The fraction of sp³-hybridized carbons (Fsp3) is 0.200. The van der Waals surface area contributed by atoms with E-state index in [0.717, 1.165) is 23.6 Å². The van der Waals surface area contributed by atoms with Gasteiger partial charge in [-0.2, -0.15) is 0 Å². The zero-order valence-electron chi connectivity index (χ0n) is 10.4. The Hall–Kier alpha value is -2.16. The fourth-order valence-corrected chi connectivity index (χ4v) is 1.54. The van der Waals surface area contributed by atoms with Crippen molar-refractivity contribution in [3.05, 3.63) is 54.6 Å². The van der Waals surface area contributed by atoms with Crippen LogP contribution in [0.25, 0.3) is 0 Å². The Kier molecular flexibility index (Phi) is 4.07. The van der Waals surface area contributed by atoms with Crippen LogP contribution in [0.1, 0.15) is 13.3 Å². The zero-order chi connectivity index (χ0) is 12.8. The summed E-state index contributed by atoms with van der Waals surface area (Å²) in [7, 11) is 0. The average molecular weight is 243 g/mol. The number of nitrogens with two attached hydrogens (primary N) is 1. The van der Waals surface area contributed by atoms with Gasteiger partial charge in [0.05, 0.1) is 0 Å². The van der Waals surface area contributed by atoms with E-state index in [2.05, 4.69) is 0 Å². The molecule has 2 N–H and O–H groups in total. The standard InChI is InChI=1S/C15H17NO2/c1-2-15(17-13-6-4-3-5-7-13)18-14-10-8-12(16)9-11-14/h3-11,15H,2,16H2,1H3. The molecule has 1 atom stereocenters. The quantitative estimate of drug-likeness (QED) is 0.646. The first kappa shape index (κ1) is 12.3. The minimum atomic E-state index is -0.295. The number of nitrogen functional groups attached to an aromatic ring is 1. The van der Waals surface area contributed by atoms with E-state index in [0.29, 0.717) is 0 Å². The van der Waals surface area contributed by atoms with Gasteiger partial charge in [0.25, 0.3) is 0 Å². The lowest BCUT2D eigenvalue weighted by Gasteiger charge is -2.19. The first-order chi connectivity index (χ1) is 8.78. The van der Waals surface area contributed by atoms with Gasteiger partial charge >= 0.3 is 0 Å². The van der Waals surface area contributed by atoms with Crippen molar-refractivity contribution in [3.8, 4) is 11.5 Å². The Morgan fingerprint density at radius 2 is 1.44 bits per heavy atom. The maximum Gasteiger partial charge on any atom is 0.240 e. The summed E-state index contributed by atoms with van der Waals surface area (Å²) in [5.41, 5.74) is 6.35. The topological polar surface area (TPSA) is 44.5 Å². The van der Waals surface area contributed by atoms with E-state index >= 15 is 0 Å². The van der Waals surface area contributed by atoms with Crippen molar-refractivity contribution in [1.82, 2.24) is 0 Å². The first-order valence-electron chi connectivity index (χ1n) is 6.02. The molecule has 3 heteroatoms. The molecular weight excluding hydrogens is 226 g/mol. The van der Waals surface area contributed by atoms with E-state index in [-0.39, 0.29) is 6.29 Å². The van der Waals surface area contributed by atoms with Gasteiger partial charge < -0.3 is 15.2 Å². The van der Waals surface area contributed by atoms with Gasteiger partial charge in [-0.15, -0.1) is 0 Å². The number of ether oxygens (including phenoxy) is 2. The molecule has 18 heavy (non-hydrogen) atoms. The smallest absolute Gasteiger partial charge is 0.240 e. The van der Waals surface area contributed by atoms with E-state index < -0.39 is 0 Å². The lowest BCUT2D eigenvalue weighted by molar-refractivity contribution is 0.00332. The van der Waals surface area contributed by atoms with Crippen molar-refractivity contribution in [3.63, 3.8) is 0 Å². The summed E-state index contributed by atoms with van der Waals surface area (Å²) >= 11 is 0. The Morgan fingerprint density at radius 1 is 0.889 bits per heavy atom. The minimum Gasteiger partial charge on any atom is -0.455 e. The van der Waals surface area contributed by atoms with Crippen LogP contribution in [0, 0.1) is 0 Å². The maximum absolute atomic E-state index is 5.74. The van der Waals surface area contributed by atoms with E-state index in [9.17, 15) is 0 Å². The molecule has 0 heterocycles. The Bertz CT molecular complexity index is 468. The molecule has 0 bridgehead atoms. The second-order valence-electron chi connectivity index (χ2n) is 3.96. The number of rotatable bonds is 5. The molecule has 2 rings (SSSR count). The third-order valence-corrected chi connectivity index (χ3v) is 2.49. The summed E-state index contributed by atoms with van der Waals surface area (Å²) in [5.74, 6) is 1.56. The van der Waals surface area contributed by atoms with Gasteiger partial charge in [-0.1, -0.05) is 25.1 Å². The van der Waals surface area contributed by atoms with Crippen LogP contribution in [0.4, 0.5) is 5.69 Å². The zero-order valence-corrected chi connectivity index (χ0v) is 10.4. The number of hydrogen-bond acceptors (Lipinski definition) is 3. The van der Waals surface area contributed by atoms with Gasteiger partial charge in [0, 0.05) is 12.1 Å². The van der Waals surface area contributed by atoms with E-state index in [1.807, 2.05) is 61.5 Å². The molecule has 0 saturated carbocycles. The van der Waals surface area contributed by atoms with Gasteiger partial charge in [0.2, 0.25) is 6.29 Å². The average Bonchev–Trinajstić information content (AvgIpc) is 2.41. The normalized spacial score (nSPS) is 11.8. The van der Waals surface area contributed by atoms with Crippen molar-refractivity contribution < 1.29 is 9.47 Å². The Morgan fingerprint density at radius 3 is 2.00 bits per heavy atom. The van der Waals surface area contributed by atoms with E-state index in [1.54, 1.807) is 0 Å². The molecule has 0 amide bonds. The third kappa shape index (κ3) is 3.42.